The van der Waals surface area contributed by atoms with Crippen molar-refractivity contribution in [1.29, 1.82) is 0 Å². The second-order valence-corrected chi connectivity index (χ2v) is 6.37. The van der Waals surface area contributed by atoms with Gasteiger partial charge >= 0.3 is 11.9 Å². The molecule has 0 fully saturated rings. The van der Waals surface area contributed by atoms with Gasteiger partial charge in [-0.15, -0.1) is 0 Å². The van der Waals surface area contributed by atoms with Crippen LogP contribution in [0.5, 0.6) is 0 Å². The van der Waals surface area contributed by atoms with E-state index < -0.39 is 23.5 Å². The van der Waals surface area contributed by atoms with Crippen LogP contribution in [0.15, 0.2) is 30.3 Å². The number of esters is 2. The molecule has 0 aliphatic heterocycles. The molecular weight excluding hydrogens is 282 g/mol. The molecule has 2 atom stereocenters. The molecule has 2 N–H and O–H groups in total. The van der Waals surface area contributed by atoms with Gasteiger partial charge in [-0.05, 0) is 32.8 Å². The lowest BCUT2D eigenvalue weighted by molar-refractivity contribution is -0.157. The van der Waals surface area contributed by atoms with Crippen LogP contribution in [0.4, 0.5) is 0 Å². The van der Waals surface area contributed by atoms with Gasteiger partial charge in [0, 0.05) is 0 Å². The van der Waals surface area contributed by atoms with Gasteiger partial charge in [0.1, 0.15) is 18.2 Å². The molecule has 0 amide bonds. The van der Waals surface area contributed by atoms with E-state index in [2.05, 4.69) is 0 Å². The third-order valence-corrected chi connectivity index (χ3v) is 2.94. The zero-order chi connectivity index (χ0) is 16.8. The van der Waals surface area contributed by atoms with Crippen molar-refractivity contribution >= 4 is 11.9 Å². The van der Waals surface area contributed by atoms with Gasteiger partial charge in [0.25, 0.3) is 0 Å². The van der Waals surface area contributed by atoms with Crippen LogP contribution in [-0.4, -0.2) is 23.6 Å². The van der Waals surface area contributed by atoms with Crippen molar-refractivity contribution in [3.05, 3.63) is 35.9 Å². The fourth-order valence-electron chi connectivity index (χ4n) is 1.82. The summed E-state index contributed by atoms with van der Waals surface area (Å²) in [7, 11) is 0. The van der Waals surface area contributed by atoms with Crippen LogP contribution in [0, 0.1) is 5.92 Å². The van der Waals surface area contributed by atoms with E-state index in [1.807, 2.05) is 30.3 Å². The molecule has 0 bridgehead atoms. The maximum Gasteiger partial charge on any atom is 0.323 e. The molecule has 0 aromatic heterocycles. The number of benzene rings is 1. The van der Waals surface area contributed by atoms with Gasteiger partial charge in [0.05, 0.1) is 5.92 Å². The summed E-state index contributed by atoms with van der Waals surface area (Å²) < 4.78 is 10.4. The van der Waals surface area contributed by atoms with Crippen molar-refractivity contribution in [3.8, 4) is 0 Å². The van der Waals surface area contributed by atoms with E-state index in [0.29, 0.717) is 0 Å². The van der Waals surface area contributed by atoms with Crippen molar-refractivity contribution in [2.45, 2.75) is 52.4 Å². The van der Waals surface area contributed by atoms with Crippen LogP contribution >= 0.6 is 0 Å². The van der Waals surface area contributed by atoms with E-state index in [9.17, 15) is 9.59 Å². The predicted molar refractivity (Wildman–Crippen MR) is 83.8 cm³/mol. The maximum absolute atomic E-state index is 11.9. The molecule has 0 saturated carbocycles. The monoisotopic (exact) mass is 307 g/mol. The molecule has 122 valence electrons. The van der Waals surface area contributed by atoms with Crippen molar-refractivity contribution in [1.82, 2.24) is 0 Å². The van der Waals surface area contributed by atoms with Crippen LogP contribution in [0.1, 0.15) is 39.7 Å². The molecule has 1 rings (SSSR count). The minimum Gasteiger partial charge on any atom is -0.461 e. The fourth-order valence-corrected chi connectivity index (χ4v) is 1.82. The molecular formula is C17H25NO4. The fraction of sp³-hybridized carbons (Fsp3) is 0.529. The average molecular weight is 307 g/mol. The summed E-state index contributed by atoms with van der Waals surface area (Å²) in [6, 6.07) is 8.58. The number of ether oxygens (including phenoxy) is 2. The van der Waals surface area contributed by atoms with Crippen LogP contribution in [-0.2, 0) is 25.7 Å². The quantitative estimate of drug-likeness (QED) is 0.817. The number of nitrogens with two attached hydrogens (primary N) is 1. The van der Waals surface area contributed by atoms with E-state index in [1.54, 1.807) is 27.7 Å². The lowest BCUT2D eigenvalue weighted by atomic mass is 10.0. The van der Waals surface area contributed by atoms with Gasteiger partial charge in [-0.2, -0.15) is 0 Å². The number of hydrogen-bond donors (Lipinski definition) is 1. The van der Waals surface area contributed by atoms with Gasteiger partial charge in [-0.3, -0.25) is 9.59 Å². The summed E-state index contributed by atoms with van der Waals surface area (Å²) in [5.74, 6) is -1.34. The highest BCUT2D eigenvalue weighted by Crippen LogP contribution is 2.13. The summed E-state index contributed by atoms with van der Waals surface area (Å²) in [5.41, 5.74) is 6.11. The minimum atomic E-state index is -0.835. The van der Waals surface area contributed by atoms with Crippen LogP contribution in [0.3, 0.4) is 0 Å². The summed E-state index contributed by atoms with van der Waals surface area (Å²) in [5, 5.41) is 0. The van der Waals surface area contributed by atoms with Crippen molar-refractivity contribution in [2.24, 2.45) is 11.7 Å². The Morgan fingerprint density at radius 1 is 1.14 bits per heavy atom. The van der Waals surface area contributed by atoms with E-state index in [0.717, 1.165) is 5.56 Å². The predicted octanol–water partition coefficient (Wildman–Crippen LogP) is 2.42. The number of carbonyl (C=O) groups is 2. The summed E-state index contributed by atoms with van der Waals surface area (Å²) >= 11 is 0. The molecule has 0 spiro atoms. The molecule has 5 nitrogen and oxygen atoms in total. The molecule has 0 radical (unpaired) electrons. The topological polar surface area (TPSA) is 78.6 Å². The van der Waals surface area contributed by atoms with E-state index in [-0.39, 0.29) is 19.0 Å². The SMILES string of the molecule is CC(CC(N)C(=O)OC(C)(C)C)C(=O)OCc1ccccc1. The van der Waals surface area contributed by atoms with Crippen LogP contribution in [0.25, 0.3) is 0 Å². The van der Waals surface area contributed by atoms with Gasteiger partial charge in [-0.25, -0.2) is 0 Å². The first-order valence-electron chi connectivity index (χ1n) is 7.38. The van der Waals surface area contributed by atoms with E-state index >= 15 is 0 Å². The van der Waals surface area contributed by atoms with Crippen LogP contribution < -0.4 is 5.73 Å². The standard InChI is InChI=1S/C17H25NO4/c1-12(10-14(18)16(20)22-17(2,3)4)15(19)21-11-13-8-6-5-7-9-13/h5-9,12,14H,10-11,18H2,1-4H3. The first-order chi connectivity index (χ1) is 10.2. The molecule has 0 aliphatic carbocycles. The second kappa shape index (κ2) is 7.94. The van der Waals surface area contributed by atoms with E-state index in [4.69, 9.17) is 15.2 Å². The van der Waals surface area contributed by atoms with Gasteiger partial charge in [0.2, 0.25) is 0 Å². The molecule has 0 aliphatic rings. The lowest BCUT2D eigenvalue weighted by Crippen LogP contribution is -2.39. The third kappa shape index (κ3) is 6.72. The summed E-state index contributed by atoms with van der Waals surface area (Å²) in [6.07, 6.45) is 0.197. The summed E-state index contributed by atoms with van der Waals surface area (Å²) in [6.45, 7) is 7.22. The smallest absolute Gasteiger partial charge is 0.323 e. The largest absolute Gasteiger partial charge is 0.461 e. The molecule has 5 heteroatoms. The Kier molecular flexibility index (Phi) is 6.56. The highest BCUT2D eigenvalue weighted by Gasteiger charge is 2.26. The zero-order valence-electron chi connectivity index (χ0n) is 13.7. The number of rotatable bonds is 6. The van der Waals surface area contributed by atoms with Crippen molar-refractivity contribution < 1.29 is 19.1 Å². The second-order valence-electron chi connectivity index (χ2n) is 6.37. The Bertz CT molecular complexity index is 493. The first kappa shape index (κ1) is 18.2. The molecule has 0 heterocycles. The average Bonchev–Trinajstić information content (AvgIpc) is 2.43. The van der Waals surface area contributed by atoms with Gasteiger partial charge in [-0.1, -0.05) is 37.3 Å². The maximum atomic E-state index is 11.9. The molecule has 0 saturated heterocycles. The lowest BCUT2D eigenvalue weighted by Gasteiger charge is -2.23. The number of hydrogen-bond acceptors (Lipinski definition) is 5. The van der Waals surface area contributed by atoms with Crippen molar-refractivity contribution in [2.75, 3.05) is 0 Å². The van der Waals surface area contributed by atoms with Gasteiger partial charge in [0.15, 0.2) is 0 Å². The highest BCUT2D eigenvalue weighted by atomic mass is 16.6. The Morgan fingerprint density at radius 3 is 2.27 bits per heavy atom. The third-order valence-electron chi connectivity index (χ3n) is 2.94. The Hall–Kier alpha value is -1.88. The normalized spacial score (nSPS) is 14.0. The highest BCUT2D eigenvalue weighted by molar-refractivity contribution is 5.78. The Labute approximate surface area is 131 Å². The number of carbonyl (C=O) groups excluding carboxylic acids is 2. The molecule has 22 heavy (non-hydrogen) atoms. The van der Waals surface area contributed by atoms with Crippen molar-refractivity contribution in [3.63, 3.8) is 0 Å². The first-order valence-corrected chi connectivity index (χ1v) is 7.38. The Balaban J connectivity index is 2.41. The molecule has 1 aromatic carbocycles. The zero-order valence-corrected chi connectivity index (χ0v) is 13.7. The van der Waals surface area contributed by atoms with E-state index in [1.165, 1.54) is 0 Å². The molecule has 2 unspecified atom stereocenters. The summed E-state index contributed by atoms with van der Waals surface area (Å²) in [4.78, 5) is 23.7. The van der Waals surface area contributed by atoms with Crippen LogP contribution in [0.2, 0.25) is 0 Å². The Morgan fingerprint density at radius 2 is 1.73 bits per heavy atom. The molecule has 1 aromatic rings. The van der Waals surface area contributed by atoms with Gasteiger partial charge < -0.3 is 15.2 Å². The minimum absolute atomic E-state index is 0.197.